The molecule has 0 aliphatic carbocycles. The van der Waals surface area contributed by atoms with Gasteiger partial charge in [0, 0.05) is 16.0 Å². The molecule has 0 spiro atoms. The minimum Gasteiger partial charge on any atom is -0.493 e. The predicted molar refractivity (Wildman–Crippen MR) is 130 cm³/mol. The first-order valence-corrected chi connectivity index (χ1v) is 10.5. The van der Waals surface area contributed by atoms with Crippen LogP contribution >= 0.6 is 23.2 Å². The number of nitrogens with zero attached hydrogens (tertiary/aromatic N) is 1. The van der Waals surface area contributed by atoms with Crippen LogP contribution in [0.5, 0.6) is 11.5 Å². The van der Waals surface area contributed by atoms with Crippen LogP contribution in [0.2, 0.25) is 10.0 Å². The first-order valence-electron chi connectivity index (χ1n) is 9.77. The molecule has 1 aromatic heterocycles. The molecule has 9 heteroatoms. The molecule has 0 atom stereocenters. The lowest BCUT2D eigenvalue weighted by atomic mass is 10.1. The molecular weight excluding hydrogens is 465 g/mol. The van der Waals surface area contributed by atoms with E-state index in [2.05, 4.69) is 5.32 Å². The Kier molecular flexibility index (Phi) is 6.18. The summed E-state index contributed by atoms with van der Waals surface area (Å²) >= 11 is 12.1. The zero-order valence-corrected chi connectivity index (χ0v) is 19.2. The number of benzene rings is 3. The molecule has 3 N–H and O–H groups in total. The normalized spacial score (nSPS) is 10.8. The van der Waals surface area contributed by atoms with Gasteiger partial charge in [-0.15, -0.1) is 0 Å². The number of methoxy groups -OCH3 is 2. The maximum Gasteiger partial charge on any atom is 0.264 e. The van der Waals surface area contributed by atoms with E-state index in [4.69, 9.17) is 38.4 Å². The van der Waals surface area contributed by atoms with E-state index < -0.39 is 11.8 Å². The van der Waals surface area contributed by atoms with Crippen LogP contribution in [0.1, 0.15) is 20.7 Å². The molecule has 3 aromatic carbocycles. The SMILES string of the molecule is COc1ccc(C(=O)n2c(N)c(C(=O)Nc3ccc(Cl)cc3Cl)c3ccccc32)cc1OC. The Hall–Kier alpha value is -3.68. The molecule has 1 heterocycles. The van der Waals surface area contributed by atoms with Gasteiger partial charge in [-0.2, -0.15) is 0 Å². The van der Waals surface area contributed by atoms with E-state index in [1.54, 1.807) is 54.6 Å². The van der Waals surface area contributed by atoms with E-state index >= 15 is 0 Å². The summed E-state index contributed by atoms with van der Waals surface area (Å²) in [4.78, 5) is 26.7. The van der Waals surface area contributed by atoms with Gasteiger partial charge in [0.05, 0.1) is 36.0 Å². The average Bonchev–Trinajstić information content (AvgIpc) is 3.11. The molecule has 0 saturated carbocycles. The van der Waals surface area contributed by atoms with Gasteiger partial charge in [0.2, 0.25) is 0 Å². The highest BCUT2D eigenvalue weighted by atomic mass is 35.5. The lowest BCUT2D eigenvalue weighted by Gasteiger charge is -2.11. The Morgan fingerprint density at radius 1 is 0.939 bits per heavy atom. The van der Waals surface area contributed by atoms with E-state index in [1.807, 2.05) is 0 Å². The van der Waals surface area contributed by atoms with Crippen molar-refractivity contribution in [1.29, 1.82) is 0 Å². The topological polar surface area (TPSA) is 95.6 Å². The Labute approximate surface area is 199 Å². The van der Waals surface area contributed by atoms with Crippen LogP contribution in [0, 0.1) is 0 Å². The number of anilines is 2. The fraction of sp³-hybridized carbons (Fsp3) is 0.0833. The number of para-hydroxylation sites is 1. The van der Waals surface area contributed by atoms with Crippen molar-refractivity contribution in [2.75, 3.05) is 25.3 Å². The summed E-state index contributed by atoms with van der Waals surface area (Å²) in [6.07, 6.45) is 0. The third-order valence-corrected chi connectivity index (χ3v) is 5.70. The first kappa shape index (κ1) is 22.5. The monoisotopic (exact) mass is 483 g/mol. The van der Waals surface area contributed by atoms with Crippen molar-refractivity contribution in [1.82, 2.24) is 4.57 Å². The number of rotatable bonds is 5. The van der Waals surface area contributed by atoms with Crippen molar-refractivity contribution in [3.63, 3.8) is 0 Å². The molecule has 0 aliphatic rings. The van der Waals surface area contributed by atoms with E-state index in [0.29, 0.717) is 38.7 Å². The standard InChI is InChI=1S/C24H19Cl2N3O4/c1-32-19-10-7-13(11-20(19)33-2)24(31)29-18-6-4-3-5-15(18)21(22(29)27)23(30)28-17-9-8-14(25)12-16(17)26/h3-12H,27H2,1-2H3,(H,28,30). The maximum absolute atomic E-state index is 13.5. The third kappa shape index (κ3) is 4.08. The number of ether oxygens (including phenoxy) is 2. The zero-order chi connectivity index (χ0) is 23.7. The van der Waals surface area contributed by atoms with Gasteiger partial charge < -0.3 is 20.5 Å². The maximum atomic E-state index is 13.5. The minimum absolute atomic E-state index is 0.00132. The van der Waals surface area contributed by atoms with Crippen LogP contribution in [0.4, 0.5) is 11.5 Å². The Balaban J connectivity index is 1.81. The highest BCUT2D eigenvalue weighted by Gasteiger charge is 2.25. The van der Waals surface area contributed by atoms with E-state index in [-0.39, 0.29) is 16.4 Å². The highest BCUT2D eigenvalue weighted by molar-refractivity contribution is 6.37. The van der Waals surface area contributed by atoms with Crippen molar-refractivity contribution in [2.24, 2.45) is 0 Å². The van der Waals surface area contributed by atoms with E-state index in [1.165, 1.54) is 24.9 Å². The van der Waals surface area contributed by atoms with Crippen LogP contribution in [0.3, 0.4) is 0 Å². The van der Waals surface area contributed by atoms with Gasteiger partial charge in [0.1, 0.15) is 5.82 Å². The number of nitrogen functional groups attached to an aromatic ring is 1. The van der Waals surface area contributed by atoms with Gasteiger partial charge in [0.25, 0.3) is 11.8 Å². The number of carbonyl (C=O) groups is 2. The van der Waals surface area contributed by atoms with Crippen molar-refractivity contribution in [3.8, 4) is 11.5 Å². The second-order valence-electron chi connectivity index (χ2n) is 7.07. The summed E-state index contributed by atoms with van der Waals surface area (Å²) in [5.74, 6) is -0.0494. The van der Waals surface area contributed by atoms with Crippen molar-refractivity contribution in [2.45, 2.75) is 0 Å². The number of aromatic nitrogens is 1. The number of amides is 1. The fourth-order valence-electron chi connectivity index (χ4n) is 3.59. The minimum atomic E-state index is -0.508. The van der Waals surface area contributed by atoms with Crippen LogP contribution in [-0.4, -0.2) is 30.6 Å². The smallest absolute Gasteiger partial charge is 0.264 e. The molecule has 168 valence electrons. The highest BCUT2D eigenvalue weighted by Crippen LogP contribution is 2.33. The lowest BCUT2D eigenvalue weighted by molar-refractivity contribution is 0.0967. The lowest BCUT2D eigenvalue weighted by Crippen LogP contribution is -2.18. The van der Waals surface area contributed by atoms with Crippen LogP contribution in [0.25, 0.3) is 10.9 Å². The predicted octanol–water partition coefficient (Wildman–Crippen LogP) is 5.49. The van der Waals surface area contributed by atoms with Gasteiger partial charge in [-0.1, -0.05) is 41.4 Å². The summed E-state index contributed by atoms with van der Waals surface area (Å²) in [5.41, 5.74) is 7.70. The molecule has 7 nitrogen and oxygen atoms in total. The van der Waals surface area contributed by atoms with E-state index in [0.717, 1.165) is 0 Å². The summed E-state index contributed by atoms with van der Waals surface area (Å²) in [6.45, 7) is 0. The molecular formula is C24H19Cl2N3O4. The number of nitrogens with two attached hydrogens (primary N) is 1. The molecule has 4 rings (SSSR count). The molecule has 0 radical (unpaired) electrons. The van der Waals surface area contributed by atoms with Crippen molar-refractivity contribution >= 4 is 57.4 Å². The molecule has 33 heavy (non-hydrogen) atoms. The van der Waals surface area contributed by atoms with Crippen LogP contribution < -0.4 is 20.5 Å². The molecule has 0 saturated heterocycles. The number of hydrogen-bond acceptors (Lipinski definition) is 5. The molecule has 0 unspecified atom stereocenters. The van der Waals surface area contributed by atoms with E-state index in [9.17, 15) is 9.59 Å². The van der Waals surface area contributed by atoms with Crippen LogP contribution in [-0.2, 0) is 0 Å². The number of carbonyl (C=O) groups excluding carboxylic acids is 2. The van der Waals surface area contributed by atoms with Gasteiger partial charge >= 0.3 is 0 Å². The largest absolute Gasteiger partial charge is 0.493 e. The molecule has 0 bridgehead atoms. The third-order valence-electron chi connectivity index (χ3n) is 5.15. The number of halogens is 2. The van der Waals surface area contributed by atoms with Gasteiger partial charge in [-0.05, 0) is 42.5 Å². The number of hydrogen-bond donors (Lipinski definition) is 2. The van der Waals surface area contributed by atoms with Crippen molar-refractivity contribution in [3.05, 3.63) is 81.8 Å². The summed E-state index contributed by atoms with van der Waals surface area (Å²) in [7, 11) is 2.99. The Bertz CT molecular complexity index is 1400. The van der Waals surface area contributed by atoms with Gasteiger partial charge in [0.15, 0.2) is 11.5 Å². The van der Waals surface area contributed by atoms with Gasteiger partial charge in [-0.3, -0.25) is 14.2 Å². The molecule has 0 fully saturated rings. The Morgan fingerprint density at radius 3 is 2.36 bits per heavy atom. The molecule has 1 amide bonds. The number of nitrogens with one attached hydrogen (secondary N) is 1. The summed E-state index contributed by atoms with van der Waals surface area (Å²) in [6, 6.07) is 16.5. The molecule has 0 aliphatic heterocycles. The molecule has 4 aromatic rings. The fourth-order valence-corrected chi connectivity index (χ4v) is 4.05. The first-order chi connectivity index (χ1) is 15.8. The summed E-state index contributed by atoms with van der Waals surface area (Å²) in [5, 5.41) is 3.98. The van der Waals surface area contributed by atoms with Gasteiger partial charge in [-0.25, -0.2) is 0 Å². The zero-order valence-electron chi connectivity index (χ0n) is 17.7. The average molecular weight is 484 g/mol. The Morgan fingerprint density at radius 2 is 1.67 bits per heavy atom. The number of fused-ring (bicyclic) bond motifs is 1. The quantitative estimate of drug-likeness (QED) is 0.391. The van der Waals surface area contributed by atoms with Crippen LogP contribution in [0.15, 0.2) is 60.7 Å². The summed E-state index contributed by atoms with van der Waals surface area (Å²) < 4.78 is 11.8. The second-order valence-corrected chi connectivity index (χ2v) is 7.91. The van der Waals surface area contributed by atoms with Crippen molar-refractivity contribution < 1.29 is 19.1 Å². The second kappa shape index (κ2) is 9.05.